The molecule has 0 saturated carbocycles. The summed E-state index contributed by atoms with van der Waals surface area (Å²) in [6.07, 6.45) is 5.91. The van der Waals surface area contributed by atoms with Crippen LogP contribution in [0.4, 0.5) is 11.4 Å². The summed E-state index contributed by atoms with van der Waals surface area (Å²) in [5.41, 5.74) is 1.04. The fraction of sp³-hybridized carbons (Fsp3) is 0.409. The quantitative estimate of drug-likeness (QED) is 0.465. The molecule has 1 amide bonds. The highest BCUT2D eigenvalue weighted by atomic mass is 32.2. The molecule has 7 heteroatoms. The molecule has 0 bridgehead atoms. The monoisotopic (exact) mass is 418 g/mol. The Labute approximate surface area is 173 Å². The third kappa shape index (κ3) is 7.77. The molecule has 2 rings (SSSR count). The highest BCUT2D eigenvalue weighted by molar-refractivity contribution is 7.92. The lowest BCUT2D eigenvalue weighted by Gasteiger charge is -2.10. The number of benzene rings is 2. The van der Waals surface area contributed by atoms with Crippen LogP contribution in [0.1, 0.15) is 52.4 Å². The molecule has 0 aliphatic rings. The number of amides is 1. The number of rotatable bonds is 12. The van der Waals surface area contributed by atoms with Gasteiger partial charge in [0.05, 0.1) is 11.5 Å². The van der Waals surface area contributed by atoms with Crippen molar-refractivity contribution in [3.8, 4) is 5.75 Å². The lowest BCUT2D eigenvalue weighted by Crippen LogP contribution is -2.14. The summed E-state index contributed by atoms with van der Waals surface area (Å²) in [6.45, 7) is 4.59. The van der Waals surface area contributed by atoms with Crippen LogP contribution in [0.25, 0.3) is 0 Å². The molecule has 0 aliphatic heterocycles. The lowest BCUT2D eigenvalue weighted by atomic mass is 10.1. The van der Waals surface area contributed by atoms with E-state index in [1.54, 1.807) is 36.4 Å². The Kier molecular flexibility index (Phi) is 8.99. The summed E-state index contributed by atoms with van der Waals surface area (Å²) in [5.74, 6) is 0.630. The predicted octanol–water partition coefficient (Wildman–Crippen LogP) is 5.19. The first-order valence-electron chi connectivity index (χ1n) is 10.1. The maximum Gasteiger partial charge on any atom is 0.261 e. The fourth-order valence-corrected chi connectivity index (χ4v) is 3.89. The third-order valence-corrected chi connectivity index (χ3v) is 5.77. The number of carbonyl (C=O) groups excluding carboxylic acids is 1. The van der Waals surface area contributed by atoms with Crippen molar-refractivity contribution >= 4 is 27.3 Å². The molecule has 2 N–H and O–H groups in total. The minimum atomic E-state index is -3.71. The second-order valence-electron chi connectivity index (χ2n) is 6.80. The Morgan fingerprint density at radius 1 is 0.862 bits per heavy atom. The summed E-state index contributed by atoms with van der Waals surface area (Å²) < 4.78 is 33.0. The molecule has 0 atom stereocenters. The van der Waals surface area contributed by atoms with E-state index in [1.165, 1.54) is 25.0 Å². The number of hydrogen-bond acceptors (Lipinski definition) is 4. The Balaban J connectivity index is 1.89. The molecule has 0 aromatic heterocycles. The highest BCUT2D eigenvalue weighted by Gasteiger charge is 2.14. The van der Waals surface area contributed by atoms with Crippen molar-refractivity contribution in [2.24, 2.45) is 0 Å². The minimum Gasteiger partial charge on any atom is -0.494 e. The van der Waals surface area contributed by atoms with Gasteiger partial charge in [-0.05, 0) is 61.9 Å². The van der Waals surface area contributed by atoms with E-state index >= 15 is 0 Å². The zero-order valence-corrected chi connectivity index (χ0v) is 17.9. The Bertz CT molecular complexity index is 863. The van der Waals surface area contributed by atoms with Crippen LogP contribution in [0.5, 0.6) is 5.75 Å². The van der Waals surface area contributed by atoms with Crippen molar-refractivity contribution in [2.45, 2.75) is 57.3 Å². The Hall–Kier alpha value is -2.54. The van der Waals surface area contributed by atoms with Gasteiger partial charge >= 0.3 is 0 Å². The minimum absolute atomic E-state index is 0.0513. The molecule has 29 heavy (non-hydrogen) atoms. The largest absolute Gasteiger partial charge is 0.494 e. The molecular weight excluding hydrogens is 388 g/mol. The molecule has 0 spiro atoms. The van der Waals surface area contributed by atoms with Gasteiger partial charge in [0.25, 0.3) is 10.0 Å². The highest BCUT2D eigenvalue weighted by Crippen LogP contribution is 2.21. The SMILES string of the molecule is CCCCCCCC(=O)Nc1ccc(S(=O)(=O)Nc2ccc(OCC)cc2)cc1. The summed E-state index contributed by atoms with van der Waals surface area (Å²) >= 11 is 0. The summed E-state index contributed by atoms with van der Waals surface area (Å²) in [4.78, 5) is 12.1. The fourth-order valence-electron chi connectivity index (χ4n) is 2.83. The van der Waals surface area contributed by atoms with Gasteiger partial charge in [0, 0.05) is 17.8 Å². The molecule has 0 radical (unpaired) electrons. The van der Waals surface area contributed by atoms with E-state index in [9.17, 15) is 13.2 Å². The number of anilines is 2. The van der Waals surface area contributed by atoms with Crippen molar-refractivity contribution in [1.29, 1.82) is 0 Å². The number of ether oxygens (including phenoxy) is 1. The molecule has 0 fully saturated rings. The first kappa shape index (κ1) is 22.7. The smallest absolute Gasteiger partial charge is 0.261 e. The number of unbranched alkanes of at least 4 members (excludes halogenated alkanes) is 4. The van der Waals surface area contributed by atoms with Crippen molar-refractivity contribution < 1.29 is 17.9 Å². The zero-order chi connectivity index (χ0) is 21.1. The molecule has 0 aliphatic carbocycles. The Morgan fingerprint density at radius 2 is 1.48 bits per heavy atom. The van der Waals surface area contributed by atoms with Crippen LogP contribution in [0.15, 0.2) is 53.4 Å². The van der Waals surface area contributed by atoms with Crippen molar-refractivity contribution in [3.05, 3.63) is 48.5 Å². The van der Waals surface area contributed by atoms with Crippen LogP contribution in [-0.2, 0) is 14.8 Å². The average Bonchev–Trinajstić information content (AvgIpc) is 2.70. The van der Waals surface area contributed by atoms with Crippen LogP contribution >= 0.6 is 0 Å². The molecular formula is C22H30N2O4S. The number of hydrogen-bond donors (Lipinski definition) is 2. The topological polar surface area (TPSA) is 84.5 Å². The van der Waals surface area contributed by atoms with Gasteiger partial charge < -0.3 is 10.1 Å². The van der Waals surface area contributed by atoms with E-state index in [1.807, 2.05) is 6.92 Å². The van der Waals surface area contributed by atoms with Gasteiger partial charge in [-0.3, -0.25) is 9.52 Å². The summed E-state index contributed by atoms with van der Waals surface area (Å²) in [5, 5.41) is 2.81. The second kappa shape index (κ2) is 11.5. The molecule has 158 valence electrons. The normalized spacial score (nSPS) is 11.1. The third-order valence-electron chi connectivity index (χ3n) is 4.37. The number of carbonyl (C=O) groups is 1. The van der Waals surface area contributed by atoms with E-state index in [0.717, 1.165) is 19.3 Å². The van der Waals surface area contributed by atoms with Crippen LogP contribution < -0.4 is 14.8 Å². The van der Waals surface area contributed by atoms with Crippen LogP contribution in [0.2, 0.25) is 0 Å². The number of nitrogens with one attached hydrogen (secondary N) is 2. The van der Waals surface area contributed by atoms with E-state index < -0.39 is 10.0 Å². The summed E-state index contributed by atoms with van der Waals surface area (Å²) in [6, 6.07) is 12.9. The second-order valence-corrected chi connectivity index (χ2v) is 8.48. The van der Waals surface area contributed by atoms with E-state index in [0.29, 0.717) is 30.2 Å². The van der Waals surface area contributed by atoms with E-state index in [-0.39, 0.29) is 10.8 Å². The van der Waals surface area contributed by atoms with Crippen molar-refractivity contribution in [2.75, 3.05) is 16.6 Å². The van der Waals surface area contributed by atoms with Crippen LogP contribution in [-0.4, -0.2) is 20.9 Å². The molecule has 0 saturated heterocycles. The average molecular weight is 419 g/mol. The van der Waals surface area contributed by atoms with Gasteiger partial charge in [0.15, 0.2) is 0 Å². The van der Waals surface area contributed by atoms with Crippen molar-refractivity contribution in [1.82, 2.24) is 0 Å². The maximum atomic E-state index is 12.5. The van der Waals surface area contributed by atoms with E-state index in [4.69, 9.17) is 4.74 Å². The molecule has 6 nitrogen and oxygen atoms in total. The molecule has 2 aromatic rings. The van der Waals surface area contributed by atoms with Gasteiger partial charge in [-0.1, -0.05) is 32.6 Å². The molecule has 2 aromatic carbocycles. The first-order valence-corrected chi connectivity index (χ1v) is 11.6. The van der Waals surface area contributed by atoms with Crippen molar-refractivity contribution in [3.63, 3.8) is 0 Å². The molecule has 0 heterocycles. The lowest BCUT2D eigenvalue weighted by molar-refractivity contribution is -0.116. The maximum absolute atomic E-state index is 12.5. The van der Waals surface area contributed by atoms with Gasteiger partial charge in [0.1, 0.15) is 5.75 Å². The standard InChI is InChI=1S/C22H30N2O4S/c1-3-5-6-7-8-9-22(25)23-18-12-16-21(17-13-18)29(26,27)24-19-10-14-20(15-11-19)28-4-2/h10-17,24H,3-9H2,1-2H3,(H,23,25). The zero-order valence-electron chi connectivity index (χ0n) is 17.1. The Morgan fingerprint density at radius 3 is 2.10 bits per heavy atom. The first-order chi connectivity index (χ1) is 13.9. The van der Waals surface area contributed by atoms with E-state index in [2.05, 4.69) is 17.0 Å². The van der Waals surface area contributed by atoms with Gasteiger partial charge in [-0.25, -0.2) is 8.42 Å². The van der Waals surface area contributed by atoms with Gasteiger partial charge in [-0.15, -0.1) is 0 Å². The number of sulfonamides is 1. The van der Waals surface area contributed by atoms with Crippen LogP contribution in [0.3, 0.4) is 0 Å². The van der Waals surface area contributed by atoms with Gasteiger partial charge in [0.2, 0.25) is 5.91 Å². The summed E-state index contributed by atoms with van der Waals surface area (Å²) in [7, 11) is -3.71. The van der Waals surface area contributed by atoms with Crippen LogP contribution in [0, 0.1) is 0 Å². The van der Waals surface area contributed by atoms with Gasteiger partial charge in [-0.2, -0.15) is 0 Å². The predicted molar refractivity (Wildman–Crippen MR) is 117 cm³/mol. The molecule has 0 unspecified atom stereocenters.